The van der Waals surface area contributed by atoms with Crippen LogP contribution in [-0.4, -0.2) is 54.0 Å². The first-order valence-corrected chi connectivity index (χ1v) is 11.3. The molecule has 0 aliphatic carbocycles. The van der Waals surface area contributed by atoms with Gasteiger partial charge in [0, 0.05) is 35.9 Å². The van der Waals surface area contributed by atoms with Crippen LogP contribution in [-0.2, 0) is 0 Å². The van der Waals surface area contributed by atoms with E-state index in [-0.39, 0.29) is 0 Å². The van der Waals surface area contributed by atoms with E-state index in [2.05, 4.69) is 64.6 Å². The van der Waals surface area contributed by atoms with Gasteiger partial charge in [0.05, 0.1) is 5.69 Å². The lowest BCUT2D eigenvalue weighted by Gasteiger charge is -2.22. The van der Waals surface area contributed by atoms with Crippen molar-refractivity contribution in [2.24, 2.45) is 0 Å². The lowest BCUT2D eigenvalue weighted by atomic mass is 10.0. The summed E-state index contributed by atoms with van der Waals surface area (Å²) in [6.45, 7) is 5.11. The van der Waals surface area contributed by atoms with Crippen molar-refractivity contribution in [1.29, 1.82) is 0 Å². The fraction of sp³-hybridized carbons (Fsp3) is 0.280. The molecule has 0 aliphatic rings. The third-order valence-electron chi connectivity index (χ3n) is 5.63. The highest BCUT2D eigenvalue weighted by Crippen LogP contribution is 2.28. The Hall–Kier alpha value is -2.83. The molecule has 2 aromatic carbocycles. The minimum Gasteiger partial charge on any atom is -0.370 e. The van der Waals surface area contributed by atoms with Gasteiger partial charge in [0.15, 0.2) is 5.65 Å². The number of anilines is 1. The number of nitrogens with zero attached hydrogens (tertiary/aromatic N) is 4. The molecule has 2 radical (unpaired) electrons. The number of hydrogen-bond acceptors (Lipinski definition) is 4. The standard InChI is InChI=1S/C25H27BClN5/c1-18(19-9-4-3-5-10-19)17-31(2)14-8-13-28-24-15-23(20-11-6-7-12-22(20)27)30-25-21(26)16-29-32(24)25/h3-7,9-12,15-16,18,28H,8,13-14,17H2,1-2H3. The van der Waals surface area contributed by atoms with Crippen LogP contribution in [0.3, 0.4) is 0 Å². The fourth-order valence-corrected chi connectivity index (χ4v) is 4.16. The summed E-state index contributed by atoms with van der Waals surface area (Å²) < 4.78 is 1.75. The van der Waals surface area contributed by atoms with Gasteiger partial charge in [-0.2, -0.15) is 9.61 Å². The number of benzene rings is 2. The third kappa shape index (κ3) is 5.14. The first-order valence-electron chi connectivity index (χ1n) is 10.9. The molecule has 0 saturated carbocycles. The number of nitrogens with one attached hydrogen (secondary N) is 1. The SMILES string of the molecule is [B]c1cnn2c(NCCCN(C)CC(C)c3ccccc3)cc(-c3ccccc3Cl)nc12. The van der Waals surface area contributed by atoms with Crippen LogP contribution in [0.2, 0.25) is 5.02 Å². The van der Waals surface area contributed by atoms with Gasteiger partial charge in [0.2, 0.25) is 0 Å². The summed E-state index contributed by atoms with van der Waals surface area (Å²) in [5.41, 5.74) is 4.18. The normalized spacial score (nSPS) is 12.4. The zero-order valence-electron chi connectivity index (χ0n) is 18.5. The molecule has 2 aromatic heterocycles. The third-order valence-corrected chi connectivity index (χ3v) is 5.96. The van der Waals surface area contributed by atoms with Crippen LogP contribution >= 0.6 is 11.6 Å². The van der Waals surface area contributed by atoms with Crippen molar-refractivity contribution >= 4 is 36.4 Å². The molecule has 4 rings (SSSR count). The van der Waals surface area contributed by atoms with E-state index in [0.717, 1.165) is 43.1 Å². The summed E-state index contributed by atoms with van der Waals surface area (Å²) in [6.07, 6.45) is 2.63. The molecule has 0 spiro atoms. The molecule has 1 N–H and O–H groups in total. The number of rotatable bonds is 9. The molecule has 162 valence electrons. The molecule has 32 heavy (non-hydrogen) atoms. The van der Waals surface area contributed by atoms with Gasteiger partial charge in [-0.15, -0.1) is 0 Å². The van der Waals surface area contributed by atoms with Crippen molar-refractivity contribution in [3.05, 3.63) is 77.4 Å². The molecule has 0 fully saturated rings. The van der Waals surface area contributed by atoms with Crippen molar-refractivity contribution in [1.82, 2.24) is 19.5 Å². The highest BCUT2D eigenvalue weighted by Gasteiger charge is 2.13. The minimum absolute atomic E-state index is 0.499. The number of aromatic nitrogens is 3. The van der Waals surface area contributed by atoms with Crippen LogP contribution in [0.4, 0.5) is 5.82 Å². The first-order chi connectivity index (χ1) is 15.5. The van der Waals surface area contributed by atoms with E-state index < -0.39 is 0 Å². The number of likely N-dealkylation sites (N-methyl/N-ethyl adjacent to an activating group) is 1. The van der Waals surface area contributed by atoms with Gasteiger partial charge in [0.25, 0.3) is 0 Å². The Balaban J connectivity index is 1.40. The summed E-state index contributed by atoms with van der Waals surface area (Å²) >= 11 is 6.40. The molecule has 1 unspecified atom stereocenters. The molecular weight excluding hydrogens is 417 g/mol. The second kappa shape index (κ2) is 10.2. The maximum atomic E-state index is 6.40. The Bertz CT molecular complexity index is 1180. The second-order valence-electron chi connectivity index (χ2n) is 8.20. The molecule has 4 aromatic rings. The average molecular weight is 444 g/mol. The van der Waals surface area contributed by atoms with Crippen LogP contribution in [0, 0.1) is 0 Å². The highest BCUT2D eigenvalue weighted by atomic mass is 35.5. The van der Waals surface area contributed by atoms with Gasteiger partial charge >= 0.3 is 0 Å². The molecule has 5 nitrogen and oxygen atoms in total. The van der Waals surface area contributed by atoms with Crippen LogP contribution in [0.25, 0.3) is 16.9 Å². The van der Waals surface area contributed by atoms with Gasteiger partial charge in [-0.05, 0) is 43.0 Å². The summed E-state index contributed by atoms with van der Waals surface area (Å²) in [4.78, 5) is 7.06. The molecule has 0 bridgehead atoms. The smallest absolute Gasteiger partial charge is 0.150 e. The summed E-state index contributed by atoms with van der Waals surface area (Å²) in [5.74, 6) is 1.35. The first kappa shape index (κ1) is 22.4. The zero-order valence-corrected chi connectivity index (χ0v) is 19.3. The Morgan fingerprint density at radius 2 is 1.88 bits per heavy atom. The molecule has 1 atom stereocenters. The Kier molecular flexibility index (Phi) is 7.13. The van der Waals surface area contributed by atoms with Crippen LogP contribution < -0.4 is 10.8 Å². The van der Waals surface area contributed by atoms with E-state index in [1.54, 1.807) is 10.7 Å². The predicted molar refractivity (Wildman–Crippen MR) is 134 cm³/mol. The number of hydrogen-bond donors (Lipinski definition) is 1. The van der Waals surface area contributed by atoms with Gasteiger partial charge < -0.3 is 10.2 Å². The van der Waals surface area contributed by atoms with Crippen LogP contribution in [0.15, 0.2) is 66.9 Å². The lowest BCUT2D eigenvalue weighted by Crippen LogP contribution is -2.26. The molecule has 0 aliphatic heterocycles. The fourth-order valence-electron chi connectivity index (χ4n) is 3.92. The van der Waals surface area contributed by atoms with E-state index in [0.29, 0.717) is 22.1 Å². The topological polar surface area (TPSA) is 45.5 Å². The Morgan fingerprint density at radius 3 is 2.66 bits per heavy atom. The largest absolute Gasteiger partial charge is 0.370 e. The molecular formula is C25H27BClN5. The lowest BCUT2D eigenvalue weighted by molar-refractivity contribution is 0.316. The maximum absolute atomic E-state index is 6.40. The maximum Gasteiger partial charge on any atom is 0.150 e. The molecule has 0 amide bonds. The number of halogens is 1. The van der Waals surface area contributed by atoms with Gasteiger partial charge in [-0.1, -0.05) is 67.1 Å². The van der Waals surface area contributed by atoms with Crippen molar-refractivity contribution in [2.75, 3.05) is 32.0 Å². The van der Waals surface area contributed by atoms with Crippen LogP contribution in [0.5, 0.6) is 0 Å². The van der Waals surface area contributed by atoms with E-state index in [4.69, 9.17) is 19.4 Å². The average Bonchev–Trinajstić information content (AvgIpc) is 3.18. The van der Waals surface area contributed by atoms with E-state index >= 15 is 0 Å². The zero-order chi connectivity index (χ0) is 22.5. The number of fused-ring (bicyclic) bond motifs is 1. The Labute approximate surface area is 195 Å². The van der Waals surface area contributed by atoms with E-state index in [9.17, 15) is 0 Å². The minimum atomic E-state index is 0.499. The van der Waals surface area contributed by atoms with E-state index in [1.165, 1.54) is 5.56 Å². The summed E-state index contributed by atoms with van der Waals surface area (Å²) in [6, 6.07) is 20.3. The van der Waals surface area contributed by atoms with Gasteiger partial charge in [0.1, 0.15) is 13.7 Å². The van der Waals surface area contributed by atoms with Crippen molar-refractivity contribution in [3.63, 3.8) is 0 Å². The molecule has 0 saturated heterocycles. The summed E-state index contributed by atoms with van der Waals surface area (Å²) in [5, 5.41) is 8.55. The quantitative estimate of drug-likeness (QED) is 0.308. The summed E-state index contributed by atoms with van der Waals surface area (Å²) in [7, 11) is 8.28. The highest BCUT2D eigenvalue weighted by molar-refractivity contribution is 6.36. The monoisotopic (exact) mass is 443 g/mol. The van der Waals surface area contributed by atoms with Crippen LogP contribution in [0.1, 0.15) is 24.8 Å². The van der Waals surface area contributed by atoms with Crippen molar-refractivity contribution in [2.45, 2.75) is 19.3 Å². The Morgan fingerprint density at radius 1 is 1.12 bits per heavy atom. The van der Waals surface area contributed by atoms with Gasteiger partial charge in [-0.25, -0.2) is 4.98 Å². The molecule has 2 heterocycles. The second-order valence-corrected chi connectivity index (χ2v) is 8.60. The van der Waals surface area contributed by atoms with E-state index in [1.807, 2.05) is 30.3 Å². The molecule has 7 heteroatoms. The predicted octanol–water partition coefficient (Wildman–Crippen LogP) is 4.38. The van der Waals surface area contributed by atoms with Crippen molar-refractivity contribution < 1.29 is 0 Å². The van der Waals surface area contributed by atoms with Crippen molar-refractivity contribution in [3.8, 4) is 11.3 Å². The van der Waals surface area contributed by atoms with Gasteiger partial charge in [-0.3, -0.25) is 0 Å².